The van der Waals surface area contributed by atoms with Gasteiger partial charge >= 0.3 is 0 Å². The number of nitrogens with zero attached hydrogens (tertiary/aromatic N) is 2. The maximum atomic E-state index is 13.2. The van der Waals surface area contributed by atoms with Crippen LogP contribution in [-0.4, -0.2) is 15.5 Å². The van der Waals surface area contributed by atoms with Gasteiger partial charge in [-0.05, 0) is 23.3 Å². The van der Waals surface area contributed by atoms with Crippen molar-refractivity contribution < 1.29 is 9.18 Å². The first kappa shape index (κ1) is 15.8. The molecule has 0 spiro atoms. The molecule has 2 aromatic carbocycles. The van der Waals surface area contributed by atoms with Gasteiger partial charge < -0.3 is 9.88 Å². The zero-order chi connectivity index (χ0) is 17.4. The molecule has 6 heteroatoms. The van der Waals surface area contributed by atoms with E-state index in [-0.39, 0.29) is 17.0 Å². The second-order valence-corrected chi connectivity index (χ2v) is 6.43. The molecule has 126 valence electrons. The highest BCUT2D eigenvalue weighted by molar-refractivity contribution is 6.30. The second kappa shape index (κ2) is 6.33. The molecule has 0 aliphatic carbocycles. The smallest absolute Gasteiger partial charge is 0.222 e. The van der Waals surface area contributed by atoms with Crippen molar-refractivity contribution in [3.05, 3.63) is 77.0 Å². The quantitative estimate of drug-likeness (QED) is 0.770. The summed E-state index contributed by atoms with van der Waals surface area (Å²) in [5, 5.41) is 2.93. The van der Waals surface area contributed by atoms with Crippen molar-refractivity contribution in [1.29, 1.82) is 0 Å². The van der Waals surface area contributed by atoms with E-state index in [2.05, 4.69) is 10.3 Å². The zero-order valence-corrected chi connectivity index (χ0v) is 14.0. The molecule has 0 bridgehead atoms. The molecule has 0 radical (unpaired) electrons. The predicted octanol–water partition coefficient (Wildman–Crippen LogP) is 3.95. The van der Waals surface area contributed by atoms with Crippen LogP contribution >= 0.6 is 11.6 Å². The molecule has 1 aliphatic rings. The number of amides is 1. The van der Waals surface area contributed by atoms with Crippen LogP contribution in [0.1, 0.15) is 23.6 Å². The summed E-state index contributed by atoms with van der Waals surface area (Å²) < 4.78 is 15.2. The van der Waals surface area contributed by atoms with Gasteiger partial charge in [-0.3, -0.25) is 4.79 Å². The van der Waals surface area contributed by atoms with Crippen LogP contribution in [-0.2, 0) is 11.3 Å². The van der Waals surface area contributed by atoms with Crippen molar-refractivity contribution in [2.75, 3.05) is 0 Å². The second-order valence-electron chi connectivity index (χ2n) is 6.02. The van der Waals surface area contributed by atoms with Gasteiger partial charge in [-0.1, -0.05) is 41.9 Å². The number of imidazole rings is 1. The van der Waals surface area contributed by atoms with Gasteiger partial charge in [-0.15, -0.1) is 0 Å². The number of carbonyl (C=O) groups is 1. The van der Waals surface area contributed by atoms with Crippen LogP contribution in [0.3, 0.4) is 0 Å². The minimum Gasteiger partial charge on any atom is -0.352 e. The van der Waals surface area contributed by atoms with E-state index in [0.29, 0.717) is 13.0 Å². The summed E-state index contributed by atoms with van der Waals surface area (Å²) in [7, 11) is 0. The Kier molecular flexibility index (Phi) is 4.01. The van der Waals surface area contributed by atoms with Gasteiger partial charge in [-0.2, -0.15) is 0 Å². The molecule has 3 aromatic rings. The fourth-order valence-corrected chi connectivity index (χ4v) is 3.44. The molecule has 2 heterocycles. The van der Waals surface area contributed by atoms with E-state index in [1.54, 1.807) is 12.4 Å². The molecule has 0 fully saturated rings. The molecule has 1 unspecified atom stereocenters. The maximum absolute atomic E-state index is 13.2. The summed E-state index contributed by atoms with van der Waals surface area (Å²) in [6.45, 7) is 0.310. The number of halogens is 2. The van der Waals surface area contributed by atoms with Gasteiger partial charge in [-0.25, -0.2) is 9.37 Å². The van der Waals surface area contributed by atoms with Crippen LogP contribution in [0.15, 0.2) is 55.0 Å². The van der Waals surface area contributed by atoms with E-state index in [1.165, 1.54) is 12.1 Å². The molecule has 0 saturated carbocycles. The minimum atomic E-state index is -0.466. The number of carbonyl (C=O) groups excluding carboxylic acids is 1. The number of fused-ring (bicyclic) bond motifs is 3. The summed E-state index contributed by atoms with van der Waals surface area (Å²) in [5.41, 5.74) is 4.02. The Hall–Kier alpha value is -2.66. The average Bonchev–Trinajstić information content (AvgIpc) is 3.19. The van der Waals surface area contributed by atoms with E-state index in [0.717, 1.165) is 22.4 Å². The summed E-state index contributed by atoms with van der Waals surface area (Å²) >= 11 is 5.77. The third-order valence-electron chi connectivity index (χ3n) is 4.45. The Morgan fingerprint density at radius 1 is 1.28 bits per heavy atom. The molecule has 1 aliphatic heterocycles. The van der Waals surface area contributed by atoms with Gasteiger partial charge in [0.05, 0.1) is 35.7 Å². The number of hydrogen-bond acceptors (Lipinski definition) is 2. The molecule has 1 atom stereocenters. The zero-order valence-electron chi connectivity index (χ0n) is 13.2. The Labute approximate surface area is 149 Å². The van der Waals surface area contributed by atoms with Gasteiger partial charge in [0.2, 0.25) is 5.91 Å². The Balaban J connectivity index is 1.47. The van der Waals surface area contributed by atoms with Crippen molar-refractivity contribution >= 4 is 17.5 Å². The number of benzene rings is 2. The number of hydrogen-bond donors (Lipinski definition) is 1. The Bertz CT molecular complexity index is 953. The van der Waals surface area contributed by atoms with Crippen LogP contribution in [0.5, 0.6) is 0 Å². The molecule has 0 saturated heterocycles. The SMILES string of the molecule is O=C(CC1c2ccccc2-c2cncn21)NCc1ccc(F)c(Cl)c1. The minimum absolute atomic E-state index is 0.0551. The standard InChI is InChI=1S/C19H15ClFN3O/c20-15-7-12(5-6-16(15)21)9-23-19(25)8-17-13-3-1-2-4-14(13)18-10-22-11-24(17)18/h1-7,10-11,17H,8-9H2,(H,23,25). The van der Waals surface area contributed by atoms with Gasteiger partial charge in [0.25, 0.3) is 0 Å². The van der Waals surface area contributed by atoms with Crippen molar-refractivity contribution in [2.24, 2.45) is 0 Å². The Morgan fingerprint density at radius 3 is 2.96 bits per heavy atom. The lowest BCUT2D eigenvalue weighted by Gasteiger charge is -2.14. The third kappa shape index (κ3) is 2.91. The number of aromatic nitrogens is 2. The summed E-state index contributed by atoms with van der Waals surface area (Å²) in [6, 6.07) is 12.4. The van der Waals surface area contributed by atoms with Crippen LogP contribution in [0.25, 0.3) is 11.3 Å². The fraction of sp³-hybridized carbons (Fsp3) is 0.158. The van der Waals surface area contributed by atoms with Crippen LogP contribution < -0.4 is 5.32 Å². The van der Waals surface area contributed by atoms with Crippen LogP contribution in [0, 0.1) is 5.82 Å². The van der Waals surface area contributed by atoms with Crippen LogP contribution in [0.4, 0.5) is 4.39 Å². The lowest BCUT2D eigenvalue weighted by molar-refractivity contribution is -0.121. The van der Waals surface area contributed by atoms with Gasteiger partial charge in [0, 0.05) is 12.1 Å². The van der Waals surface area contributed by atoms with Gasteiger partial charge in [0.1, 0.15) is 5.82 Å². The van der Waals surface area contributed by atoms with E-state index in [4.69, 9.17) is 11.6 Å². The van der Waals surface area contributed by atoms with Crippen molar-refractivity contribution in [3.8, 4) is 11.3 Å². The van der Waals surface area contributed by atoms with E-state index < -0.39 is 5.82 Å². The van der Waals surface area contributed by atoms with Gasteiger partial charge in [0.15, 0.2) is 0 Å². The highest BCUT2D eigenvalue weighted by Gasteiger charge is 2.29. The molecule has 4 nitrogen and oxygen atoms in total. The fourth-order valence-electron chi connectivity index (χ4n) is 3.24. The molecular weight excluding hydrogens is 341 g/mol. The summed E-state index contributed by atoms with van der Waals surface area (Å²) in [6.07, 6.45) is 3.89. The first-order valence-electron chi connectivity index (χ1n) is 7.95. The molecule has 4 rings (SSSR count). The highest BCUT2D eigenvalue weighted by Crippen LogP contribution is 2.40. The number of rotatable bonds is 4. The third-order valence-corrected chi connectivity index (χ3v) is 4.74. The first-order chi connectivity index (χ1) is 12.1. The lowest BCUT2D eigenvalue weighted by Crippen LogP contribution is -2.25. The average molecular weight is 356 g/mol. The Morgan fingerprint density at radius 2 is 2.12 bits per heavy atom. The molecule has 1 amide bonds. The summed E-state index contributed by atoms with van der Waals surface area (Å²) in [4.78, 5) is 16.6. The van der Waals surface area contributed by atoms with Crippen molar-refractivity contribution in [1.82, 2.24) is 14.9 Å². The first-order valence-corrected chi connectivity index (χ1v) is 8.33. The number of nitrogens with one attached hydrogen (secondary N) is 1. The van der Waals surface area contributed by atoms with E-state index in [1.807, 2.05) is 35.0 Å². The van der Waals surface area contributed by atoms with E-state index >= 15 is 0 Å². The van der Waals surface area contributed by atoms with Crippen molar-refractivity contribution in [3.63, 3.8) is 0 Å². The maximum Gasteiger partial charge on any atom is 0.222 e. The van der Waals surface area contributed by atoms with E-state index in [9.17, 15) is 9.18 Å². The molecule has 1 N–H and O–H groups in total. The van der Waals surface area contributed by atoms with Crippen LogP contribution in [0.2, 0.25) is 5.02 Å². The molecular formula is C19H15ClFN3O. The summed E-state index contributed by atoms with van der Waals surface area (Å²) in [5.74, 6) is -0.547. The highest BCUT2D eigenvalue weighted by atomic mass is 35.5. The predicted molar refractivity (Wildman–Crippen MR) is 93.7 cm³/mol. The van der Waals surface area contributed by atoms with Crippen molar-refractivity contribution in [2.45, 2.75) is 19.0 Å². The lowest BCUT2D eigenvalue weighted by atomic mass is 10.0. The normalized spacial score (nSPS) is 14.9. The monoisotopic (exact) mass is 355 g/mol. The largest absolute Gasteiger partial charge is 0.352 e. The molecule has 1 aromatic heterocycles. The topological polar surface area (TPSA) is 46.9 Å². The molecule has 25 heavy (non-hydrogen) atoms.